The van der Waals surface area contributed by atoms with Crippen LogP contribution in [0.2, 0.25) is 0 Å². The molecule has 1 aliphatic carbocycles. The number of nitrogens with one attached hydrogen (secondary N) is 1. The summed E-state index contributed by atoms with van der Waals surface area (Å²) in [4.78, 5) is 30.1. The largest absolute Gasteiger partial charge is 0.344 e. The molecule has 2 fully saturated rings. The zero-order valence-electron chi connectivity index (χ0n) is 16.5. The Hall–Kier alpha value is -1.95. The quantitative estimate of drug-likeness (QED) is 0.829. The van der Waals surface area contributed by atoms with Crippen LogP contribution in [0.1, 0.15) is 38.7 Å². The summed E-state index contributed by atoms with van der Waals surface area (Å²) >= 11 is 0. The van der Waals surface area contributed by atoms with Crippen molar-refractivity contribution in [1.82, 2.24) is 15.1 Å². The molecule has 1 unspecified atom stereocenters. The highest BCUT2D eigenvalue weighted by Gasteiger charge is 2.53. The Balaban J connectivity index is 1.73. The van der Waals surface area contributed by atoms with Crippen LogP contribution in [-0.4, -0.2) is 60.9 Å². The van der Waals surface area contributed by atoms with Gasteiger partial charge in [-0.15, -0.1) is 0 Å². The second-order valence-corrected chi connectivity index (χ2v) is 8.35. The Kier molecular flexibility index (Phi) is 5.84. The number of hydrogen-bond acceptors (Lipinski definition) is 3. The van der Waals surface area contributed by atoms with Gasteiger partial charge in [0.05, 0.1) is 5.41 Å². The van der Waals surface area contributed by atoms with Crippen molar-refractivity contribution >= 4 is 11.8 Å². The van der Waals surface area contributed by atoms with Gasteiger partial charge in [-0.05, 0) is 38.3 Å². The smallest absolute Gasteiger partial charge is 0.245 e. The molecule has 2 aliphatic rings. The summed E-state index contributed by atoms with van der Waals surface area (Å²) in [5.74, 6) is -0.318. The molecule has 1 N–H and O–H groups in total. The molecular weight excluding hydrogens is 345 g/mol. The van der Waals surface area contributed by atoms with Crippen LogP contribution in [-0.2, 0) is 15.0 Å². The number of hydrogen-bond donors (Lipinski definition) is 1. The van der Waals surface area contributed by atoms with Crippen LogP contribution in [0.25, 0.3) is 0 Å². The number of piperazine rings is 1. The highest BCUT2D eigenvalue weighted by atomic mass is 19.1. The molecule has 0 spiro atoms. The fourth-order valence-electron chi connectivity index (χ4n) is 3.83. The summed E-state index contributed by atoms with van der Waals surface area (Å²) < 4.78 is 14.3. The Morgan fingerprint density at radius 3 is 2.33 bits per heavy atom. The molecule has 6 heteroatoms. The van der Waals surface area contributed by atoms with E-state index in [1.165, 1.54) is 6.07 Å². The van der Waals surface area contributed by atoms with Crippen molar-refractivity contribution in [2.45, 2.75) is 44.6 Å². The van der Waals surface area contributed by atoms with Gasteiger partial charge in [0, 0.05) is 31.7 Å². The fourth-order valence-corrected chi connectivity index (χ4v) is 3.83. The third-order valence-corrected chi connectivity index (χ3v) is 5.70. The van der Waals surface area contributed by atoms with Crippen molar-refractivity contribution in [1.29, 1.82) is 0 Å². The zero-order chi connectivity index (χ0) is 19.6. The maximum atomic E-state index is 14.3. The van der Waals surface area contributed by atoms with Crippen LogP contribution in [0.5, 0.6) is 0 Å². The van der Waals surface area contributed by atoms with Gasteiger partial charge in [-0.25, -0.2) is 4.39 Å². The first-order valence-electron chi connectivity index (χ1n) is 9.87. The molecule has 0 aromatic heterocycles. The number of carbonyl (C=O) groups is 2. The minimum Gasteiger partial charge on any atom is -0.344 e. The molecule has 0 radical (unpaired) electrons. The highest BCUT2D eigenvalue weighted by molar-refractivity contribution is 5.95. The maximum Gasteiger partial charge on any atom is 0.245 e. The summed E-state index contributed by atoms with van der Waals surface area (Å²) in [5.41, 5.74) is -0.374. The van der Waals surface area contributed by atoms with Gasteiger partial charge in [0.25, 0.3) is 0 Å². The predicted molar refractivity (Wildman–Crippen MR) is 103 cm³/mol. The molecule has 1 aromatic rings. The molecule has 27 heavy (non-hydrogen) atoms. The van der Waals surface area contributed by atoms with E-state index in [0.29, 0.717) is 37.9 Å². The summed E-state index contributed by atoms with van der Waals surface area (Å²) in [6.45, 7) is 7.12. The Labute approximate surface area is 160 Å². The van der Waals surface area contributed by atoms with E-state index in [2.05, 4.69) is 10.2 Å². The van der Waals surface area contributed by atoms with Crippen molar-refractivity contribution in [3.05, 3.63) is 35.6 Å². The van der Waals surface area contributed by atoms with Crippen LogP contribution in [0, 0.1) is 11.7 Å². The molecule has 0 bridgehead atoms. The number of rotatable bonds is 6. The molecule has 1 saturated heterocycles. The number of carbonyl (C=O) groups excluding carboxylic acids is 2. The Morgan fingerprint density at radius 2 is 1.78 bits per heavy atom. The SMILES string of the molecule is CC(C)CC(NC(=O)C1(c2ccccc2F)CC1)C(=O)N1CCN(C)CC1. The highest BCUT2D eigenvalue weighted by Crippen LogP contribution is 2.49. The van der Waals surface area contributed by atoms with Crippen molar-refractivity contribution in [3.8, 4) is 0 Å². The number of likely N-dealkylation sites (N-methyl/N-ethyl adjacent to an activating group) is 1. The minimum atomic E-state index is -0.816. The lowest BCUT2D eigenvalue weighted by Crippen LogP contribution is -2.55. The van der Waals surface area contributed by atoms with Crippen LogP contribution in [0.4, 0.5) is 4.39 Å². The van der Waals surface area contributed by atoms with Gasteiger partial charge in [-0.1, -0.05) is 32.0 Å². The van der Waals surface area contributed by atoms with E-state index in [9.17, 15) is 14.0 Å². The third-order valence-electron chi connectivity index (χ3n) is 5.70. The second-order valence-electron chi connectivity index (χ2n) is 8.35. The van der Waals surface area contributed by atoms with Gasteiger partial charge in [-0.3, -0.25) is 9.59 Å². The van der Waals surface area contributed by atoms with Gasteiger partial charge < -0.3 is 15.1 Å². The van der Waals surface area contributed by atoms with Crippen LogP contribution in [0.3, 0.4) is 0 Å². The average Bonchev–Trinajstić information content (AvgIpc) is 3.43. The number of halogens is 1. The van der Waals surface area contributed by atoms with E-state index in [-0.39, 0.29) is 23.5 Å². The van der Waals surface area contributed by atoms with E-state index in [0.717, 1.165) is 13.1 Å². The molecule has 148 valence electrons. The predicted octanol–water partition coefficient (Wildman–Crippen LogP) is 2.16. The van der Waals surface area contributed by atoms with Gasteiger partial charge in [-0.2, -0.15) is 0 Å². The molecular formula is C21H30FN3O2. The van der Waals surface area contributed by atoms with Crippen LogP contribution < -0.4 is 5.32 Å². The lowest BCUT2D eigenvalue weighted by atomic mass is 9.93. The topological polar surface area (TPSA) is 52.7 Å². The van der Waals surface area contributed by atoms with Gasteiger partial charge in [0.15, 0.2) is 0 Å². The lowest BCUT2D eigenvalue weighted by molar-refractivity contribution is -0.138. The summed E-state index contributed by atoms with van der Waals surface area (Å²) in [6, 6.07) is 5.91. The second kappa shape index (κ2) is 7.97. The molecule has 1 atom stereocenters. The summed E-state index contributed by atoms with van der Waals surface area (Å²) in [7, 11) is 2.04. The van der Waals surface area contributed by atoms with E-state index in [1.807, 2.05) is 25.8 Å². The molecule has 1 saturated carbocycles. The van der Waals surface area contributed by atoms with Crippen molar-refractivity contribution in [2.24, 2.45) is 5.92 Å². The Morgan fingerprint density at radius 1 is 1.15 bits per heavy atom. The number of benzene rings is 1. The average molecular weight is 375 g/mol. The van der Waals surface area contributed by atoms with Gasteiger partial charge in [0.2, 0.25) is 11.8 Å². The van der Waals surface area contributed by atoms with E-state index in [1.54, 1.807) is 18.2 Å². The van der Waals surface area contributed by atoms with Crippen molar-refractivity contribution in [2.75, 3.05) is 33.2 Å². The summed E-state index contributed by atoms with van der Waals surface area (Å²) in [6.07, 6.45) is 1.83. The fraction of sp³-hybridized carbons (Fsp3) is 0.619. The molecule has 1 aliphatic heterocycles. The van der Waals surface area contributed by atoms with E-state index in [4.69, 9.17) is 0 Å². The minimum absolute atomic E-state index is 0.0190. The van der Waals surface area contributed by atoms with Crippen molar-refractivity contribution < 1.29 is 14.0 Å². The zero-order valence-corrected chi connectivity index (χ0v) is 16.5. The normalized spacial score (nSPS) is 20.4. The molecule has 3 rings (SSSR count). The van der Waals surface area contributed by atoms with Crippen LogP contribution in [0.15, 0.2) is 24.3 Å². The monoisotopic (exact) mass is 375 g/mol. The molecule has 5 nitrogen and oxygen atoms in total. The first-order chi connectivity index (χ1) is 12.8. The molecule has 2 amide bonds. The van der Waals surface area contributed by atoms with Gasteiger partial charge in [0.1, 0.15) is 11.9 Å². The first-order valence-corrected chi connectivity index (χ1v) is 9.87. The Bertz CT molecular complexity index is 694. The standard InChI is InChI=1S/C21H30FN3O2/c1-15(2)14-18(19(26)25-12-10-24(3)11-13-25)23-20(27)21(8-9-21)16-6-4-5-7-17(16)22/h4-7,15,18H,8-14H2,1-3H3,(H,23,27). The van der Waals surface area contributed by atoms with Gasteiger partial charge >= 0.3 is 0 Å². The third kappa shape index (κ3) is 4.32. The molecule has 1 aromatic carbocycles. The van der Waals surface area contributed by atoms with Crippen LogP contribution >= 0.6 is 0 Å². The van der Waals surface area contributed by atoms with Crippen molar-refractivity contribution in [3.63, 3.8) is 0 Å². The first kappa shape index (κ1) is 19.8. The van der Waals surface area contributed by atoms with E-state index < -0.39 is 11.5 Å². The summed E-state index contributed by atoms with van der Waals surface area (Å²) in [5, 5.41) is 2.97. The maximum absolute atomic E-state index is 14.3. The lowest BCUT2D eigenvalue weighted by Gasteiger charge is -2.35. The van der Waals surface area contributed by atoms with E-state index >= 15 is 0 Å². The number of amides is 2. The number of nitrogens with zero attached hydrogens (tertiary/aromatic N) is 2. The molecule has 1 heterocycles.